The van der Waals surface area contributed by atoms with Gasteiger partial charge in [0, 0.05) is 6.42 Å². The van der Waals surface area contributed by atoms with Crippen molar-refractivity contribution in [1.29, 1.82) is 0 Å². The summed E-state index contributed by atoms with van der Waals surface area (Å²) in [5.74, 6) is 1.35. The maximum absolute atomic E-state index is 11.3. The smallest absolute Gasteiger partial charge is 0.303 e. The molecule has 0 aromatic carbocycles. The lowest BCUT2D eigenvalue weighted by Gasteiger charge is -2.63. The van der Waals surface area contributed by atoms with Crippen LogP contribution in [0.15, 0.2) is 0 Å². The molecule has 4 fully saturated rings. The van der Waals surface area contributed by atoms with Crippen molar-refractivity contribution < 1.29 is 25.2 Å². The molecule has 5 nitrogen and oxygen atoms in total. The van der Waals surface area contributed by atoms with Crippen molar-refractivity contribution in [3.8, 4) is 0 Å². The van der Waals surface area contributed by atoms with Crippen LogP contribution in [-0.4, -0.2) is 44.7 Å². The zero-order valence-corrected chi connectivity index (χ0v) is 19.0. The van der Waals surface area contributed by atoms with Gasteiger partial charge in [-0.25, -0.2) is 0 Å². The van der Waals surface area contributed by atoms with Crippen molar-refractivity contribution in [2.75, 3.05) is 0 Å². The Hall–Kier alpha value is -0.650. The van der Waals surface area contributed by atoms with Crippen LogP contribution >= 0.6 is 0 Å². The van der Waals surface area contributed by atoms with Crippen molar-refractivity contribution in [2.45, 2.75) is 103 Å². The zero-order chi connectivity index (χ0) is 21.8. The van der Waals surface area contributed by atoms with Crippen LogP contribution < -0.4 is 0 Å². The summed E-state index contributed by atoms with van der Waals surface area (Å²) in [5.41, 5.74) is 0.178. The molecule has 4 rings (SSSR count). The van der Waals surface area contributed by atoms with Gasteiger partial charge in [0.25, 0.3) is 0 Å². The summed E-state index contributed by atoms with van der Waals surface area (Å²) >= 11 is 0. The summed E-state index contributed by atoms with van der Waals surface area (Å²) in [6.45, 7) is 7.02. The van der Waals surface area contributed by atoms with Crippen LogP contribution in [0.2, 0.25) is 0 Å². The number of rotatable bonds is 5. The van der Waals surface area contributed by atoms with Crippen molar-refractivity contribution in [1.82, 2.24) is 0 Å². The zero-order valence-electron chi connectivity index (χ0n) is 19.0. The number of aliphatic hydroxyl groups excluding tert-OH is 3. The minimum atomic E-state index is -0.736. The second-order valence-electron chi connectivity index (χ2n) is 11.8. The first-order valence-corrected chi connectivity index (χ1v) is 12.4. The molecule has 4 aliphatic carbocycles. The Labute approximate surface area is 181 Å². The van der Waals surface area contributed by atoms with E-state index in [1.54, 1.807) is 0 Å². The van der Waals surface area contributed by atoms with Gasteiger partial charge < -0.3 is 20.4 Å². The Balaban J connectivity index is 1.55. The SMILES string of the molecule is C[C@H](CCCC(=O)O)[C@H]1CC[C@H]2[C@@H]3[C@@H](O)[C@@H](O)[C@@H]4C[C@H](O)CC[C@]4(C)[C@H]3CC[C@]12C. The Bertz CT molecular complexity index is 651. The van der Waals surface area contributed by atoms with Gasteiger partial charge >= 0.3 is 5.97 Å². The van der Waals surface area contributed by atoms with Gasteiger partial charge in [-0.05, 0) is 104 Å². The Morgan fingerprint density at radius 1 is 0.933 bits per heavy atom. The van der Waals surface area contributed by atoms with E-state index >= 15 is 0 Å². The fraction of sp³-hybridized carbons (Fsp3) is 0.960. The van der Waals surface area contributed by atoms with E-state index in [9.17, 15) is 20.1 Å². The van der Waals surface area contributed by atoms with Gasteiger partial charge in [-0.3, -0.25) is 4.79 Å². The van der Waals surface area contributed by atoms with Gasteiger partial charge in [-0.15, -0.1) is 0 Å². The van der Waals surface area contributed by atoms with Gasteiger partial charge in [0.2, 0.25) is 0 Å². The van der Waals surface area contributed by atoms with Crippen LogP contribution in [-0.2, 0) is 4.79 Å². The monoisotopic (exact) mass is 422 g/mol. The van der Waals surface area contributed by atoms with E-state index in [-0.39, 0.29) is 35.2 Å². The molecule has 0 aromatic rings. The number of hydrogen-bond acceptors (Lipinski definition) is 4. The molecular formula is C25H42O5. The maximum atomic E-state index is 11.3. The van der Waals surface area contributed by atoms with Gasteiger partial charge in [0.1, 0.15) is 0 Å². The van der Waals surface area contributed by atoms with Crippen molar-refractivity contribution in [3.63, 3.8) is 0 Å². The van der Waals surface area contributed by atoms with Gasteiger partial charge in [0.15, 0.2) is 0 Å². The number of carboxylic acid groups (broad SMARTS) is 1. The van der Waals surface area contributed by atoms with Gasteiger partial charge in [-0.1, -0.05) is 20.8 Å². The molecule has 4 N–H and O–H groups in total. The molecule has 30 heavy (non-hydrogen) atoms. The molecule has 4 saturated carbocycles. The van der Waals surface area contributed by atoms with E-state index in [1.807, 2.05) is 0 Å². The molecule has 11 atom stereocenters. The number of aliphatic carboxylic acids is 1. The molecule has 0 heterocycles. The fourth-order valence-electron chi connectivity index (χ4n) is 8.99. The quantitative estimate of drug-likeness (QED) is 0.540. The molecule has 172 valence electrons. The second kappa shape index (κ2) is 8.04. The summed E-state index contributed by atoms with van der Waals surface area (Å²) < 4.78 is 0. The topological polar surface area (TPSA) is 98.0 Å². The first-order chi connectivity index (χ1) is 14.1. The van der Waals surface area contributed by atoms with E-state index in [0.29, 0.717) is 30.1 Å². The molecule has 0 amide bonds. The largest absolute Gasteiger partial charge is 0.481 e. The highest BCUT2D eigenvalue weighted by Crippen LogP contribution is 2.68. The minimum Gasteiger partial charge on any atom is -0.481 e. The molecule has 5 heteroatoms. The summed E-state index contributed by atoms with van der Waals surface area (Å²) in [7, 11) is 0. The van der Waals surface area contributed by atoms with E-state index in [2.05, 4.69) is 20.8 Å². The summed E-state index contributed by atoms with van der Waals surface area (Å²) in [6.07, 6.45) is 7.07. The van der Waals surface area contributed by atoms with Crippen LogP contribution in [0.5, 0.6) is 0 Å². The average molecular weight is 423 g/mol. The summed E-state index contributed by atoms with van der Waals surface area (Å²) in [4.78, 5) is 10.9. The third-order valence-electron chi connectivity index (χ3n) is 10.5. The average Bonchev–Trinajstić information content (AvgIpc) is 3.04. The predicted octanol–water partition coefficient (Wildman–Crippen LogP) is 3.84. The molecule has 0 unspecified atom stereocenters. The van der Waals surface area contributed by atoms with Crippen LogP contribution in [0.3, 0.4) is 0 Å². The molecule has 0 radical (unpaired) electrons. The minimum absolute atomic E-state index is 0.00556. The number of hydrogen-bond donors (Lipinski definition) is 4. The maximum Gasteiger partial charge on any atom is 0.303 e. The summed E-state index contributed by atoms with van der Waals surface area (Å²) in [5, 5.41) is 41.6. The molecule has 0 aliphatic heterocycles. The molecular weight excluding hydrogens is 380 g/mol. The first-order valence-electron chi connectivity index (χ1n) is 12.4. The van der Waals surface area contributed by atoms with E-state index in [0.717, 1.165) is 44.9 Å². The van der Waals surface area contributed by atoms with E-state index < -0.39 is 18.2 Å². The van der Waals surface area contributed by atoms with E-state index in [4.69, 9.17) is 5.11 Å². The Kier molecular flexibility index (Phi) is 6.04. The lowest BCUT2D eigenvalue weighted by atomic mass is 9.43. The van der Waals surface area contributed by atoms with Crippen LogP contribution in [0.4, 0.5) is 0 Å². The normalized spacial score (nSPS) is 51.5. The standard InChI is InChI=1S/C25H42O5/c1-14(5-4-6-20(27)28)16-7-8-17-21-18(10-12-24(16,17)2)25(3)11-9-15(26)13-19(25)22(29)23(21)30/h14-19,21-23,26,29-30H,4-13H2,1-3H3,(H,27,28)/t14-,15-,16-,17+,18+,19+,21+,22+,23-,24-,25-/m1/s1. The molecule has 0 saturated heterocycles. The highest BCUT2D eigenvalue weighted by atomic mass is 16.4. The number of fused-ring (bicyclic) bond motifs is 5. The fourth-order valence-corrected chi connectivity index (χ4v) is 8.99. The van der Waals surface area contributed by atoms with Crippen LogP contribution in [0.25, 0.3) is 0 Å². The second-order valence-corrected chi connectivity index (χ2v) is 11.8. The van der Waals surface area contributed by atoms with Crippen molar-refractivity contribution in [3.05, 3.63) is 0 Å². The van der Waals surface area contributed by atoms with Gasteiger partial charge in [0.05, 0.1) is 18.3 Å². The number of carbonyl (C=O) groups is 1. The number of aliphatic hydroxyl groups is 3. The highest BCUT2D eigenvalue weighted by Gasteiger charge is 2.65. The predicted molar refractivity (Wildman–Crippen MR) is 115 cm³/mol. The highest BCUT2D eigenvalue weighted by molar-refractivity contribution is 5.66. The molecule has 0 spiro atoms. The third-order valence-corrected chi connectivity index (χ3v) is 10.5. The molecule has 4 aliphatic rings. The lowest BCUT2D eigenvalue weighted by Crippen LogP contribution is -2.64. The Morgan fingerprint density at radius 3 is 2.30 bits per heavy atom. The van der Waals surface area contributed by atoms with Crippen LogP contribution in [0, 0.1) is 46.3 Å². The van der Waals surface area contributed by atoms with Crippen molar-refractivity contribution in [2.24, 2.45) is 46.3 Å². The molecule has 0 bridgehead atoms. The Morgan fingerprint density at radius 2 is 1.60 bits per heavy atom. The molecule has 0 aromatic heterocycles. The van der Waals surface area contributed by atoms with Crippen LogP contribution in [0.1, 0.15) is 85.0 Å². The number of carboxylic acids is 1. The lowest BCUT2D eigenvalue weighted by molar-refractivity contribution is -0.223. The van der Waals surface area contributed by atoms with Crippen molar-refractivity contribution >= 4 is 5.97 Å². The third kappa shape index (κ3) is 3.44. The summed E-state index contributed by atoms with van der Waals surface area (Å²) in [6, 6.07) is 0. The first kappa shape index (κ1) is 22.5. The van der Waals surface area contributed by atoms with Gasteiger partial charge in [-0.2, -0.15) is 0 Å². The van der Waals surface area contributed by atoms with E-state index in [1.165, 1.54) is 6.42 Å².